The van der Waals surface area contributed by atoms with Gasteiger partial charge in [-0.1, -0.05) is 0 Å². The number of nitrogens with zero attached hydrogens (tertiary/aromatic N) is 1. The van der Waals surface area contributed by atoms with Crippen LogP contribution in [0.3, 0.4) is 0 Å². The molecule has 1 atom stereocenters. The zero-order chi connectivity index (χ0) is 10.5. The lowest BCUT2D eigenvalue weighted by Crippen LogP contribution is -3.06. The second kappa shape index (κ2) is 5.36. The first-order valence-electron chi connectivity index (χ1n) is 3.82. The van der Waals surface area contributed by atoms with Crippen LogP contribution in [0.15, 0.2) is 12.4 Å². The molecule has 1 unspecified atom stereocenters. The molecule has 0 saturated heterocycles. The molecule has 1 aliphatic rings. The number of rotatable bonds is 1. The molecule has 0 spiro atoms. The van der Waals surface area contributed by atoms with E-state index in [0.29, 0.717) is 0 Å². The number of phosphoric acid groups is 1. The fourth-order valence-corrected chi connectivity index (χ4v) is 0.888. The first-order chi connectivity index (χ1) is 5.83. The summed E-state index contributed by atoms with van der Waals surface area (Å²) in [6.07, 6.45) is 4.32. The first-order valence-corrected chi connectivity index (χ1v) is 5.35. The highest BCUT2D eigenvalue weighted by Gasteiger charge is 2.09. The number of nitrogens with one attached hydrogen (secondary N) is 1. The van der Waals surface area contributed by atoms with Gasteiger partial charge in [0.05, 0.1) is 12.7 Å². The second-order valence-electron chi connectivity index (χ2n) is 2.73. The molecular weight excluding hydrogens is 195 g/mol. The van der Waals surface area contributed by atoms with Crippen molar-refractivity contribution in [1.82, 2.24) is 4.90 Å². The molecule has 0 bridgehead atoms. The Balaban J connectivity index is 0.000000252. The zero-order valence-electron chi connectivity index (χ0n) is 7.67. The van der Waals surface area contributed by atoms with E-state index in [0.717, 1.165) is 6.67 Å². The predicted octanol–water partition coefficient (Wildman–Crippen LogP) is -2.30. The van der Waals surface area contributed by atoms with Crippen LogP contribution in [0.1, 0.15) is 6.92 Å². The van der Waals surface area contributed by atoms with Gasteiger partial charge >= 0.3 is 0 Å². The largest absolute Gasteiger partial charge is 0.756 e. The third-order valence-electron chi connectivity index (χ3n) is 1.47. The van der Waals surface area contributed by atoms with Gasteiger partial charge < -0.3 is 19.6 Å². The number of hydrogen-bond acceptors (Lipinski definition) is 3. The van der Waals surface area contributed by atoms with Gasteiger partial charge in [0.25, 0.3) is 7.82 Å². The Morgan fingerprint density at radius 3 is 2.31 bits per heavy atom. The highest BCUT2D eigenvalue weighted by atomic mass is 31.2. The lowest BCUT2D eigenvalue weighted by Gasteiger charge is -2.09. The van der Waals surface area contributed by atoms with Crippen molar-refractivity contribution in [3.63, 3.8) is 0 Å². The molecule has 13 heavy (non-hydrogen) atoms. The van der Waals surface area contributed by atoms with E-state index in [1.807, 2.05) is 0 Å². The average molecular weight is 210 g/mol. The van der Waals surface area contributed by atoms with Gasteiger partial charge in [-0.15, -0.1) is 0 Å². The molecule has 1 rings (SSSR count). The maximum Gasteiger partial charge on any atom is 0.262 e. The molecule has 7 heteroatoms. The van der Waals surface area contributed by atoms with E-state index >= 15 is 0 Å². The second-order valence-corrected chi connectivity index (χ2v) is 3.71. The van der Waals surface area contributed by atoms with Crippen LogP contribution in [0.2, 0.25) is 0 Å². The zero-order valence-corrected chi connectivity index (χ0v) is 8.57. The first kappa shape index (κ1) is 12.6. The summed E-state index contributed by atoms with van der Waals surface area (Å²) in [6, 6.07) is 0. The van der Waals surface area contributed by atoms with Crippen molar-refractivity contribution in [2.75, 3.05) is 20.3 Å². The number of hydrogen-bond donors (Lipinski definition) is 3. The summed E-state index contributed by atoms with van der Waals surface area (Å²) in [5.74, 6) is 0. The molecule has 0 radical (unpaired) electrons. The normalized spacial score (nSPS) is 21.3. The van der Waals surface area contributed by atoms with Crippen LogP contribution < -0.4 is 9.79 Å². The summed E-state index contributed by atoms with van der Waals surface area (Å²) in [7, 11) is -2.79. The molecule has 0 aliphatic carbocycles. The Hall–Kier alpha value is -0.390. The summed E-state index contributed by atoms with van der Waals surface area (Å²) < 4.78 is 8.77. The molecule has 1 aliphatic heterocycles. The molecule has 0 amide bonds. The van der Waals surface area contributed by atoms with E-state index in [1.54, 1.807) is 0 Å². The molecule has 0 saturated carbocycles. The van der Waals surface area contributed by atoms with Gasteiger partial charge in [0, 0.05) is 7.05 Å². The molecule has 1 heterocycles. The minimum atomic E-state index is -4.89. The van der Waals surface area contributed by atoms with E-state index in [2.05, 4.69) is 31.3 Å². The van der Waals surface area contributed by atoms with Crippen LogP contribution in [0.5, 0.6) is 0 Å². The molecule has 0 aromatic heterocycles. The van der Waals surface area contributed by atoms with Crippen LogP contribution in [0.4, 0.5) is 0 Å². The highest BCUT2D eigenvalue weighted by Crippen LogP contribution is 2.18. The van der Waals surface area contributed by atoms with Crippen molar-refractivity contribution < 1.29 is 24.1 Å². The van der Waals surface area contributed by atoms with Crippen LogP contribution in [0.25, 0.3) is 0 Å². The Morgan fingerprint density at radius 1 is 1.69 bits per heavy atom. The van der Waals surface area contributed by atoms with Crippen molar-refractivity contribution in [3.8, 4) is 0 Å². The Labute approximate surface area is 77.3 Å². The van der Waals surface area contributed by atoms with E-state index in [9.17, 15) is 0 Å². The Morgan fingerprint density at radius 2 is 2.15 bits per heavy atom. The summed E-state index contributed by atoms with van der Waals surface area (Å²) in [5, 5.41) is 0. The van der Waals surface area contributed by atoms with E-state index in [1.165, 1.54) is 11.4 Å². The van der Waals surface area contributed by atoms with Gasteiger partial charge in [0.1, 0.15) is 6.20 Å². The quantitative estimate of drug-likeness (QED) is 0.424. The molecule has 0 aromatic rings. The van der Waals surface area contributed by atoms with Gasteiger partial charge in [-0.3, -0.25) is 9.46 Å². The van der Waals surface area contributed by atoms with Crippen LogP contribution in [-0.4, -0.2) is 34.9 Å². The Bertz CT molecular complexity index is 206. The van der Waals surface area contributed by atoms with Crippen molar-refractivity contribution in [3.05, 3.63) is 12.4 Å². The highest BCUT2D eigenvalue weighted by molar-refractivity contribution is 7.43. The lowest BCUT2D eigenvalue weighted by molar-refractivity contribution is -0.846. The van der Waals surface area contributed by atoms with Crippen molar-refractivity contribution in [2.45, 2.75) is 6.92 Å². The van der Waals surface area contributed by atoms with E-state index < -0.39 is 7.82 Å². The topological polar surface area (TPSA) is 88.3 Å². The maximum absolute atomic E-state index is 8.77. The monoisotopic (exact) mass is 210 g/mol. The minimum Gasteiger partial charge on any atom is -0.756 e. The summed E-state index contributed by atoms with van der Waals surface area (Å²) in [5.41, 5.74) is 0. The van der Waals surface area contributed by atoms with Gasteiger partial charge in [0.15, 0.2) is 6.67 Å². The summed E-state index contributed by atoms with van der Waals surface area (Å²) in [4.78, 5) is 26.7. The van der Waals surface area contributed by atoms with Crippen molar-refractivity contribution >= 4 is 7.82 Å². The number of quaternary nitrogens is 1. The van der Waals surface area contributed by atoms with Crippen LogP contribution in [-0.2, 0) is 4.57 Å². The molecule has 0 fully saturated rings. The van der Waals surface area contributed by atoms with Crippen LogP contribution >= 0.6 is 7.82 Å². The van der Waals surface area contributed by atoms with Crippen molar-refractivity contribution in [1.29, 1.82) is 0 Å². The summed E-state index contributed by atoms with van der Waals surface area (Å²) >= 11 is 0. The van der Waals surface area contributed by atoms with Crippen LogP contribution in [0, 0.1) is 0 Å². The van der Waals surface area contributed by atoms with E-state index in [4.69, 9.17) is 19.2 Å². The van der Waals surface area contributed by atoms with Gasteiger partial charge in [-0.2, -0.15) is 0 Å². The minimum absolute atomic E-state index is 1.14. The van der Waals surface area contributed by atoms with Crippen molar-refractivity contribution in [2.24, 2.45) is 0 Å². The third-order valence-corrected chi connectivity index (χ3v) is 1.47. The molecule has 6 nitrogen and oxygen atoms in total. The standard InChI is InChI=1S/C6H12N2.H3O4P/c1-3-8-5-4-7(2)6-8;1-5(2,3)4/h4-5H,3,6H2,1-2H3;(H3,1,2,3,4). The molecule has 0 aromatic carbocycles. The SMILES string of the molecule is CC[NH+]1C=CN(C)C1.O=P([O-])(O)O. The predicted molar refractivity (Wildman–Crippen MR) is 45.3 cm³/mol. The van der Waals surface area contributed by atoms with Gasteiger partial charge in [0.2, 0.25) is 0 Å². The third kappa shape index (κ3) is 9.52. The summed E-state index contributed by atoms with van der Waals surface area (Å²) in [6.45, 7) is 4.52. The average Bonchev–Trinajstić information content (AvgIpc) is 2.31. The fourth-order valence-electron chi connectivity index (χ4n) is 0.888. The van der Waals surface area contributed by atoms with E-state index in [-0.39, 0.29) is 0 Å². The fraction of sp³-hybridized carbons (Fsp3) is 0.667. The van der Waals surface area contributed by atoms with Gasteiger partial charge in [-0.25, -0.2) is 0 Å². The Kier molecular flexibility index (Phi) is 5.20. The molecular formula is C6H15N2O4P. The lowest BCUT2D eigenvalue weighted by atomic mass is 10.6. The smallest absolute Gasteiger partial charge is 0.262 e. The maximum atomic E-state index is 8.77. The molecule has 78 valence electrons. The van der Waals surface area contributed by atoms with Gasteiger partial charge in [-0.05, 0) is 6.92 Å². The molecule has 3 N–H and O–H groups in total.